The SMILES string of the molecule is C1=CC2[CH-]C3CCCCC3C2C=C1.C=CC=C.[CH3-].[CH3-].[NH-]C=O.[SiH4].[Ti+4]. The first-order valence-electron chi connectivity index (χ1n) is 7.32. The first-order chi connectivity index (χ1) is 9.78. The quantitative estimate of drug-likeness (QED) is 0.288. The zero-order valence-electron chi connectivity index (χ0n) is 14.6. The van der Waals surface area contributed by atoms with Gasteiger partial charge in [0.05, 0.1) is 0 Å². The van der Waals surface area contributed by atoms with Gasteiger partial charge in [0.1, 0.15) is 0 Å². The molecule has 0 aliphatic heterocycles. The molecule has 4 atom stereocenters. The van der Waals surface area contributed by atoms with Crippen LogP contribution in [0.25, 0.3) is 5.73 Å². The van der Waals surface area contributed by atoms with Crippen LogP contribution < -0.4 is 0 Å². The average molecular weight is 381 g/mol. The van der Waals surface area contributed by atoms with Crippen LogP contribution in [0.5, 0.6) is 0 Å². The molecule has 3 rings (SSSR count). The fraction of sp³-hybridized carbons (Fsp3) is 0.400. The number of carbonyl (C=O) groups is 1. The molecule has 134 valence electrons. The van der Waals surface area contributed by atoms with Gasteiger partial charge >= 0.3 is 21.7 Å². The summed E-state index contributed by atoms with van der Waals surface area (Å²) < 4.78 is 0. The van der Waals surface area contributed by atoms with Crippen molar-refractivity contribution in [3.8, 4) is 0 Å². The molecule has 0 bridgehead atoms. The topological polar surface area (TPSA) is 40.9 Å². The van der Waals surface area contributed by atoms with Crippen molar-refractivity contribution in [3.05, 3.63) is 76.6 Å². The molecular weight excluding hydrogens is 346 g/mol. The Kier molecular flexibility index (Phi) is 24.3. The van der Waals surface area contributed by atoms with Crippen LogP contribution in [0.2, 0.25) is 0 Å². The summed E-state index contributed by atoms with van der Waals surface area (Å²) in [6.45, 7) is 6.72. The Morgan fingerprint density at radius 3 is 2.08 bits per heavy atom. The molecule has 2 saturated carbocycles. The number of amides is 1. The van der Waals surface area contributed by atoms with Gasteiger partial charge in [-0.1, -0.05) is 75.1 Å². The maximum absolute atomic E-state index is 8.47. The summed E-state index contributed by atoms with van der Waals surface area (Å²) in [5.41, 5.74) is 5.53. The molecule has 0 heterocycles. The van der Waals surface area contributed by atoms with E-state index in [1.165, 1.54) is 25.7 Å². The van der Waals surface area contributed by atoms with Crippen LogP contribution in [-0.4, -0.2) is 17.4 Å². The summed E-state index contributed by atoms with van der Waals surface area (Å²) in [6, 6.07) is 0. The van der Waals surface area contributed by atoms with Gasteiger partial charge in [-0.15, -0.1) is 12.0 Å². The number of nitrogens with one attached hydrogen (secondary N) is 1. The molecule has 2 nitrogen and oxygen atoms in total. The van der Waals surface area contributed by atoms with E-state index in [1.54, 1.807) is 12.2 Å². The summed E-state index contributed by atoms with van der Waals surface area (Å²) in [6.07, 6.45) is 21.1. The van der Waals surface area contributed by atoms with E-state index in [4.69, 9.17) is 10.5 Å². The van der Waals surface area contributed by atoms with E-state index >= 15 is 0 Å². The maximum atomic E-state index is 8.47. The van der Waals surface area contributed by atoms with Crippen molar-refractivity contribution in [2.45, 2.75) is 25.7 Å². The van der Waals surface area contributed by atoms with Gasteiger partial charge in [0, 0.05) is 6.41 Å². The van der Waals surface area contributed by atoms with Crippen molar-refractivity contribution in [2.24, 2.45) is 23.7 Å². The Morgan fingerprint density at radius 2 is 1.54 bits per heavy atom. The fourth-order valence-corrected chi connectivity index (χ4v) is 3.45. The molecule has 3 aliphatic rings. The van der Waals surface area contributed by atoms with Crippen LogP contribution in [0.3, 0.4) is 0 Å². The van der Waals surface area contributed by atoms with E-state index in [2.05, 4.69) is 43.9 Å². The zero-order valence-corrected chi connectivity index (χ0v) is 16.1. The van der Waals surface area contributed by atoms with Gasteiger partial charge in [0.15, 0.2) is 0 Å². The molecule has 3 aliphatic carbocycles. The molecule has 0 aromatic rings. The molecule has 0 saturated heterocycles. The third-order valence-electron chi connectivity index (χ3n) is 4.23. The molecule has 0 aromatic heterocycles. The first kappa shape index (κ1) is 31.2. The summed E-state index contributed by atoms with van der Waals surface area (Å²) in [5.74, 6) is 3.56. The predicted octanol–water partition coefficient (Wildman–Crippen LogP) is 4.37. The minimum Gasteiger partial charge on any atom is -0.671 e. The van der Waals surface area contributed by atoms with E-state index in [-0.39, 0.29) is 53.9 Å². The van der Waals surface area contributed by atoms with Crippen molar-refractivity contribution in [3.63, 3.8) is 0 Å². The second-order valence-electron chi connectivity index (χ2n) is 5.32. The molecule has 0 aromatic carbocycles. The number of fused-ring (bicyclic) bond motifs is 3. The van der Waals surface area contributed by atoms with E-state index in [0.717, 1.165) is 23.7 Å². The fourth-order valence-electron chi connectivity index (χ4n) is 3.45. The third-order valence-corrected chi connectivity index (χ3v) is 4.23. The second-order valence-corrected chi connectivity index (χ2v) is 5.32. The molecule has 24 heavy (non-hydrogen) atoms. The van der Waals surface area contributed by atoms with Gasteiger partial charge in [-0.3, -0.25) is 0 Å². The molecule has 4 unspecified atom stereocenters. The standard InChI is InChI=1S/C13H17.C4H6.CH3NO.2CH3.H4Si.Ti/c1-3-7-12-10(5-1)9-11-6-2-4-8-13(11)12;1-3-4-2;2-1-3;;;;/h1,3,5,7,9-13H,2,4,6,8H2;3-4H,1-2H2;1H,(H2,2,3);2*1H3;1H4;/q-1;;;2*-1;;+4/p-1. The molecule has 4 heteroatoms. The molecule has 1 amide bonds. The number of rotatable bonds is 1. The van der Waals surface area contributed by atoms with Gasteiger partial charge in [0.25, 0.3) is 0 Å². The number of hydrogen-bond donors (Lipinski definition) is 0. The van der Waals surface area contributed by atoms with E-state index in [9.17, 15) is 0 Å². The number of hydrogen-bond acceptors (Lipinski definition) is 1. The minimum atomic E-state index is 0. The summed E-state index contributed by atoms with van der Waals surface area (Å²) in [7, 11) is 0. The van der Waals surface area contributed by atoms with Gasteiger partial charge in [0.2, 0.25) is 0 Å². The first-order valence-corrected chi connectivity index (χ1v) is 7.32. The number of allylic oxidation sites excluding steroid dienone is 6. The molecule has 0 spiro atoms. The van der Waals surface area contributed by atoms with Crippen LogP contribution in [0.4, 0.5) is 0 Å². The van der Waals surface area contributed by atoms with Crippen LogP contribution in [0, 0.1) is 44.9 Å². The Hall–Kier alpha value is -0.639. The Balaban J connectivity index is -0.000000161. The molecular formula is C20H35NOSiTi. The predicted molar refractivity (Wildman–Crippen MR) is 110 cm³/mol. The third kappa shape index (κ3) is 9.61. The van der Waals surface area contributed by atoms with Crippen molar-refractivity contribution in [1.82, 2.24) is 0 Å². The van der Waals surface area contributed by atoms with Crippen molar-refractivity contribution in [2.75, 3.05) is 0 Å². The molecule has 0 radical (unpaired) electrons. The van der Waals surface area contributed by atoms with Crippen LogP contribution in [-0.2, 0) is 26.5 Å². The summed E-state index contributed by atoms with van der Waals surface area (Å²) in [4.78, 5) is 8.47. The Bertz CT molecular complexity index is 376. The van der Waals surface area contributed by atoms with Gasteiger partial charge in [-0.05, 0) is 16.9 Å². The van der Waals surface area contributed by atoms with Crippen LogP contribution in [0.1, 0.15) is 25.7 Å². The number of carbonyl (C=O) groups excluding carboxylic acids is 1. The smallest absolute Gasteiger partial charge is 0.671 e. The van der Waals surface area contributed by atoms with Crippen molar-refractivity contribution in [1.29, 1.82) is 0 Å². The van der Waals surface area contributed by atoms with Gasteiger partial charge in [-0.25, -0.2) is 0 Å². The normalized spacial score (nSPS) is 27.0. The van der Waals surface area contributed by atoms with Crippen molar-refractivity contribution >= 4 is 17.4 Å². The second kappa shape index (κ2) is 18.7. The molecule has 1 N–H and O–H groups in total. The summed E-state index contributed by atoms with van der Waals surface area (Å²) in [5, 5.41) is 0. The van der Waals surface area contributed by atoms with Crippen molar-refractivity contribution < 1.29 is 26.5 Å². The Morgan fingerprint density at radius 1 is 1.04 bits per heavy atom. The summed E-state index contributed by atoms with van der Waals surface area (Å²) >= 11 is 0. The monoisotopic (exact) mass is 381 g/mol. The Labute approximate surface area is 169 Å². The van der Waals surface area contributed by atoms with Crippen LogP contribution in [0.15, 0.2) is 49.6 Å². The van der Waals surface area contributed by atoms with E-state index < -0.39 is 0 Å². The van der Waals surface area contributed by atoms with Gasteiger partial charge < -0.3 is 31.8 Å². The molecule has 2 fully saturated rings. The minimum absolute atomic E-state index is 0. The maximum Gasteiger partial charge on any atom is 4.00 e. The average Bonchev–Trinajstić information content (AvgIpc) is 2.87. The zero-order chi connectivity index (χ0) is 14.8. The van der Waals surface area contributed by atoms with Crippen LogP contribution >= 0.6 is 0 Å². The van der Waals surface area contributed by atoms with Gasteiger partial charge in [-0.2, -0.15) is 5.92 Å². The van der Waals surface area contributed by atoms with E-state index in [1.807, 2.05) is 0 Å². The largest absolute Gasteiger partial charge is 4.00 e. The van der Waals surface area contributed by atoms with E-state index in [0.29, 0.717) is 0 Å².